The van der Waals surface area contributed by atoms with E-state index >= 15 is 0 Å². The fourth-order valence-electron chi connectivity index (χ4n) is 1.69. The van der Waals surface area contributed by atoms with Gasteiger partial charge in [-0.05, 0) is 31.4 Å². The number of rotatable bonds is 5. The average Bonchev–Trinajstić information content (AvgIpc) is 2.65. The van der Waals surface area contributed by atoms with Crippen LogP contribution < -0.4 is 0 Å². The first-order valence-electron chi connectivity index (χ1n) is 5.76. The lowest BCUT2D eigenvalue weighted by molar-refractivity contribution is 0.636. The Bertz CT molecular complexity index is 449. The maximum Gasteiger partial charge on any atom is 0.0932 e. The fourth-order valence-corrected chi connectivity index (χ4v) is 1.69. The van der Waals surface area contributed by atoms with Crippen molar-refractivity contribution < 1.29 is 4.39 Å². The van der Waals surface area contributed by atoms with E-state index in [4.69, 9.17) is 0 Å². The second kappa shape index (κ2) is 6.18. The molecule has 17 heavy (non-hydrogen) atoms. The summed E-state index contributed by atoms with van der Waals surface area (Å²) in [4.78, 5) is 0. The zero-order chi connectivity index (χ0) is 12.8. The van der Waals surface area contributed by atoms with Crippen LogP contribution in [0.4, 0.5) is 4.39 Å². The first kappa shape index (κ1) is 13.4. The molecule has 1 aromatic rings. The van der Waals surface area contributed by atoms with Gasteiger partial charge < -0.3 is 0 Å². The second-order valence-corrected chi connectivity index (χ2v) is 3.91. The van der Waals surface area contributed by atoms with Gasteiger partial charge in [-0.15, -0.1) is 0 Å². The summed E-state index contributed by atoms with van der Waals surface area (Å²) < 4.78 is 14.4. The van der Waals surface area contributed by atoms with Crippen molar-refractivity contribution in [2.45, 2.75) is 26.7 Å². The topological polar surface area (TPSA) is 17.8 Å². The zero-order valence-corrected chi connectivity index (χ0v) is 10.7. The van der Waals surface area contributed by atoms with Gasteiger partial charge in [0.15, 0.2) is 0 Å². The van der Waals surface area contributed by atoms with Crippen LogP contribution in [0.2, 0.25) is 0 Å². The maximum absolute atomic E-state index is 12.6. The van der Waals surface area contributed by atoms with E-state index < -0.39 is 0 Å². The number of hydrogen-bond donors (Lipinski definition) is 0. The minimum absolute atomic E-state index is 0.161. The summed E-state index contributed by atoms with van der Waals surface area (Å²) in [6.45, 7) is 7.32. The molecule has 3 heteroatoms. The van der Waals surface area contributed by atoms with Crippen molar-refractivity contribution in [3.63, 3.8) is 0 Å². The van der Waals surface area contributed by atoms with E-state index in [1.54, 1.807) is 16.8 Å². The minimum Gasteiger partial charge on any atom is -0.275 e. The zero-order valence-electron chi connectivity index (χ0n) is 10.7. The van der Waals surface area contributed by atoms with Crippen molar-refractivity contribution in [1.29, 1.82) is 0 Å². The maximum atomic E-state index is 12.6. The third kappa shape index (κ3) is 3.70. The molecule has 0 amide bonds. The Kier molecular flexibility index (Phi) is 4.88. The summed E-state index contributed by atoms with van der Waals surface area (Å²) >= 11 is 0. The number of hydrogen-bond acceptors (Lipinski definition) is 1. The summed E-state index contributed by atoms with van der Waals surface area (Å²) in [5.74, 6) is -0.161. The van der Waals surface area contributed by atoms with E-state index in [1.165, 1.54) is 6.92 Å². The molecule has 92 valence electrons. The fraction of sp³-hybridized carbons (Fsp3) is 0.357. The van der Waals surface area contributed by atoms with Crippen molar-refractivity contribution in [2.75, 3.05) is 0 Å². The van der Waals surface area contributed by atoms with Crippen LogP contribution in [0.3, 0.4) is 0 Å². The van der Waals surface area contributed by atoms with Gasteiger partial charge in [-0.1, -0.05) is 25.7 Å². The van der Waals surface area contributed by atoms with E-state index in [1.807, 2.05) is 19.3 Å². The highest BCUT2D eigenvalue weighted by atomic mass is 19.1. The molecule has 1 heterocycles. The Labute approximate surface area is 102 Å². The molecule has 0 aliphatic carbocycles. The molecule has 1 aromatic heterocycles. The normalized spacial score (nSPS) is 12.9. The molecule has 0 aliphatic heterocycles. The number of halogens is 1. The SMILES string of the molecule is C=CC(=CC/C=C(\C)F)c1cn(C)nc1CC. The second-order valence-electron chi connectivity index (χ2n) is 3.91. The number of allylic oxidation sites excluding steroid dienone is 5. The average molecular weight is 234 g/mol. The van der Waals surface area contributed by atoms with Gasteiger partial charge in [0, 0.05) is 18.8 Å². The Balaban J connectivity index is 3.00. The molecule has 0 saturated heterocycles. The van der Waals surface area contributed by atoms with Crippen LogP contribution >= 0.6 is 0 Å². The smallest absolute Gasteiger partial charge is 0.0932 e. The first-order chi connectivity index (χ1) is 8.08. The molecule has 0 saturated carbocycles. The Hall–Kier alpha value is -1.64. The molecular formula is C14H19FN2. The van der Waals surface area contributed by atoms with E-state index in [2.05, 4.69) is 18.6 Å². The highest BCUT2D eigenvalue weighted by Crippen LogP contribution is 2.20. The molecule has 1 rings (SSSR count). The van der Waals surface area contributed by atoms with Crippen molar-refractivity contribution in [1.82, 2.24) is 9.78 Å². The van der Waals surface area contributed by atoms with Gasteiger partial charge >= 0.3 is 0 Å². The van der Waals surface area contributed by atoms with Crippen LogP contribution in [0, 0.1) is 0 Å². The summed E-state index contributed by atoms with van der Waals surface area (Å²) in [7, 11) is 1.90. The largest absolute Gasteiger partial charge is 0.275 e. The van der Waals surface area contributed by atoms with Gasteiger partial charge in [0.1, 0.15) is 0 Å². The third-order valence-electron chi connectivity index (χ3n) is 2.51. The molecule has 0 aromatic carbocycles. The lowest BCUT2D eigenvalue weighted by atomic mass is 10.0. The van der Waals surface area contributed by atoms with Crippen LogP contribution in [-0.4, -0.2) is 9.78 Å². The predicted molar refractivity (Wildman–Crippen MR) is 70.2 cm³/mol. The summed E-state index contributed by atoms with van der Waals surface area (Å²) in [5, 5.41) is 4.38. The molecule has 0 spiro atoms. The van der Waals surface area contributed by atoms with Crippen LogP contribution in [0.5, 0.6) is 0 Å². The predicted octanol–water partition coefficient (Wildman–Crippen LogP) is 3.82. The van der Waals surface area contributed by atoms with E-state index in [0.717, 1.165) is 23.3 Å². The molecular weight excluding hydrogens is 215 g/mol. The Morgan fingerprint density at radius 2 is 2.24 bits per heavy atom. The lowest BCUT2D eigenvalue weighted by Crippen LogP contribution is -1.89. The molecule has 0 aliphatic rings. The monoisotopic (exact) mass is 234 g/mol. The van der Waals surface area contributed by atoms with Crippen molar-refractivity contribution >= 4 is 5.57 Å². The molecule has 0 unspecified atom stereocenters. The molecule has 0 atom stereocenters. The van der Waals surface area contributed by atoms with Gasteiger partial charge in [0.2, 0.25) is 0 Å². The molecule has 2 nitrogen and oxygen atoms in total. The van der Waals surface area contributed by atoms with Gasteiger partial charge in [-0.2, -0.15) is 5.10 Å². The van der Waals surface area contributed by atoms with Gasteiger partial charge in [0.25, 0.3) is 0 Å². The van der Waals surface area contributed by atoms with Gasteiger partial charge in [-0.25, -0.2) is 4.39 Å². The minimum atomic E-state index is -0.161. The van der Waals surface area contributed by atoms with Gasteiger partial charge in [0.05, 0.1) is 11.5 Å². The summed E-state index contributed by atoms with van der Waals surface area (Å²) in [5.41, 5.74) is 3.13. The summed E-state index contributed by atoms with van der Waals surface area (Å²) in [6.07, 6.45) is 8.72. The van der Waals surface area contributed by atoms with E-state index in [0.29, 0.717) is 6.42 Å². The Morgan fingerprint density at radius 3 is 2.76 bits per heavy atom. The van der Waals surface area contributed by atoms with Gasteiger partial charge in [-0.3, -0.25) is 4.68 Å². The lowest BCUT2D eigenvalue weighted by Gasteiger charge is -2.00. The molecule has 0 fully saturated rings. The third-order valence-corrected chi connectivity index (χ3v) is 2.51. The van der Waals surface area contributed by atoms with Crippen LogP contribution in [-0.2, 0) is 13.5 Å². The van der Waals surface area contributed by atoms with Crippen LogP contribution in [0.15, 0.2) is 36.8 Å². The van der Waals surface area contributed by atoms with Crippen molar-refractivity contribution in [3.05, 3.63) is 48.1 Å². The molecule has 0 radical (unpaired) electrons. The van der Waals surface area contributed by atoms with E-state index in [9.17, 15) is 4.39 Å². The van der Waals surface area contributed by atoms with E-state index in [-0.39, 0.29) is 5.83 Å². The van der Waals surface area contributed by atoms with Crippen LogP contribution in [0.25, 0.3) is 5.57 Å². The summed E-state index contributed by atoms with van der Waals surface area (Å²) in [6, 6.07) is 0. The molecule has 0 bridgehead atoms. The van der Waals surface area contributed by atoms with Crippen molar-refractivity contribution in [3.8, 4) is 0 Å². The molecule has 0 N–H and O–H groups in total. The number of aryl methyl sites for hydroxylation is 2. The Morgan fingerprint density at radius 1 is 1.53 bits per heavy atom. The standard InChI is InChI=1S/C14H19FN2/c1-5-12(9-7-8-11(3)15)13-10-17(4)16-14(13)6-2/h5,8-10H,1,6-7H2,2-4H3/b11-8+,12-9?. The number of aromatic nitrogens is 2. The quantitative estimate of drug-likeness (QED) is 0.708. The first-order valence-corrected chi connectivity index (χ1v) is 5.76. The van der Waals surface area contributed by atoms with Crippen molar-refractivity contribution in [2.24, 2.45) is 7.05 Å². The highest BCUT2D eigenvalue weighted by molar-refractivity contribution is 5.74. The number of nitrogens with zero attached hydrogens (tertiary/aromatic N) is 2. The highest BCUT2D eigenvalue weighted by Gasteiger charge is 2.07. The van der Waals surface area contributed by atoms with Crippen LogP contribution in [0.1, 0.15) is 31.5 Å².